The molecule has 0 atom stereocenters. The number of carboxylic acid groups (broad SMARTS) is 1. The molecule has 5 nitrogen and oxygen atoms in total. The molecule has 1 heterocycles. The summed E-state index contributed by atoms with van der Waals surface area (Å²) in [6.07, 6.45) is 1.54. The minimum atomic E-state index is -1.02. The van der Waals surface area contributed by atoms with Gasteiger partial charge in [-0.15, -0.1) is 0 Å². The first kappa shape index (κ1) is 14.0. The second kappa shape index (κ2) is 5.04. The highest BCUT2D eigenvalue weighted by atomic mass is 16.5. The van der Waals surface area contributed by atoms with Crippen LogP contribution in [0, 0.1) is 5.41 Å². The predicted molar refractivity (Wildman–Crippen MR) is 62.6 cm³/mol. The predicted octanol–water partition coefficient (Wildman–Crippen LogP) is 1.17. The third-order valence-electron chi connectivity index (χ3n) is 3.22. The van der Waals surface area contributed by atoms with Crippen LogP contribution >= 0.6 is 0 Å². The molecule has 0 aromatic rings. The fraction of sp³-hybridized carbons (Fsp3) is 0.833. The van der Waals surface area contributed by atoms with Crippen LogP contribution < -0.4 is 5.32 Å². The zero-order valence-corrected chi connectivity index (χ0v) is 10.7. The summed E-state index contributed by atoms with van der Waals surface area (Å²) in [7, 11) is 0. The summed E-state index contributed by atoms with van der Waals surface area (Å²) < 4.78 is 5.24. The van der Waals surface area contributed by atoms with Crippen LogP contribution in [0.1, 0.15) is 40.0 Å². The number of amides is 1. The molecular formula is C12H21NO4. The molecule has 0 unspecified atom stereocenters. The third-order valence-corrected chi connectivity index (χ3v) is 3.22. The average Bonchev–Trinajstić information content (AvgIpc) is 2.16. The molecule has 1 fully saturated rings. The van der Waals surface area contributed by atoms with Crippen LogP contribution in [0.2, 0.25) is 0 Å². The second-order valence-electron chi connectivity index (χ2n) is 5.59. The Balaban J connectivity index is 2.52. The Kier molecular flexibility index (Phi) is 4.14. The summed E-state index contributed by atoms with van der Waals surface area (Å²) in [4.78, 5) is 22.7. The standard InChI is InChI=1S/C12H21NO4/c1-11(2,10(15)16)8-9(14)13-12(3)4-6-17-7-5-12/h4-8H2,1-3H3,(H,13,14)(H,15,16). The molecule has 0 saturated carbocycles. The summed E-state index contributed by atoms with van der Waals surface area (Å²) in [5.74, 6) is -1.16. The highest BCUT2D eigenvalue weighted by molar-refractivity contribution is 5.84. The maximum absolute atomic E-state index is 11.8. The molecule has 0 aromatic carbocycles. The summed E-state index contributed by atoms with van der Waals surface area (Å²) >= 11 is 0. The van der Waals surface area contributed by atoms with E-state index >= 15 is 0 Å². The van der Waals surface area contributed by atoms with Gasteiger partial charge in [-0.05, 0) is 33.6 Å². The summed E-state index contributed by atoms with van der Waals surface area (Å²) in [6, 6.07) is 0. The number of carbonyl (C=O) groups is 2. The smallest absolute Gasteiger partial charge is 0.309 e. The van der Waals surface area contributed by atoms with E-state index in [-0.39, 0.29) is 17.9 Å². The molecule has 98 valence electrons. The van der Waals surface area contributed by atoms with Crippen molar-refractivity contribution in [1.29, 1.82) is 0 Å². The maximum Gasteiger partial charge on any atom is 0.309 e. The Hall–Kier alpha value is -1.10. The van der Waals surface area contributed by atoms with Crippen LogP contribution in [-0.2, 0) is 14.3 Å². The summed E-state index contributed by atoms with van der Waals surface area (Å²) in [5.41, 5.74) is -1.28. The molecule has 17 heavy (non-hydrogen) atoms. The van der Waals surface area contributed by atoms with Gasteiger partial charge in [0, 0.05) is 25.2 Å². The Bertz CT molecular complexity index is 306. The van der Waals surface area contributed by atoms with Gasteiger partial charge in [0.25, 0.3) is 0 Å². The fourth-order valence-corrected chi connectivity index (χ4v) is 1.80. The van der Waals surface area contributed by atoms with E-state index in [1.807, 2.05) is 6.92 Å². The van der Waals surface area contributed by atoms with Crippen LogP contribution in [-0.4, -0.2) is 35.7 Å². The lowest BCUT2D eigenvalue weighted by molar-refractivity contribution is -0.150. The first-order chi connectivity index (χ1) is 7.75. The van der Waals surface area contributed by atoms with Crippen LogP contribution in [0.15, 0.2) is 0 Å². The molecule has 2 N–H and O–H groups in total. The van der Waals surface area contributed by atoms with Crippen molar-refractivity contribution in [2.75, 3.05) is 13.2 Å². The van der Waals surface area contributed by atoms with Gasteiger partial charge in [0.05, 0.1) is 5.41 Å². The van der Waals surface area contributed by atoms with Gasteiger partial charge in [0.15, 0.2) is 0 Å². The molecule has 1 rings (SSSR count). The van der Waals surface area contributed by atoms with Crippen molar-refractivity contribution < 1.29 is 19.4 Å². The number of ether oxygens (including phenoxy) is 1. The van der Waals surface area contributed by atoms with Crippen molar-refractivity contribution in [1.82, 2.24) is 5.32 Å². The highest BCUT2D eigenvalue weighted by Crippen LogP contribution is 2.23. The monoisotopic (exact) mass is 243 g/mol. The van der Waals surface area contributed by atoms with E-state index in [0.29, 0.717) is 13.2 Å². The topological polar surface area (TPSA) is 75.6 Å². The van der Waals surface area contributed by atoms with Crippen LogP contribution in [0.4, 0.5) is 0 Å². The molecule has 0 aromatic heterocycles. The second-order valence-corrected chi connectivity index (χ2v) is 5.59. The molecule has 1 amide bonds. The number of carbonyl (C=O) groups excluding carboxylic acids is 1. The molecule has 5 heteroatoms. The van der Waals surface area contributed by atoms with Crippen molar-refractivity contribution in [3.05, 3.63) is 0 Å². The zero-order valence-electron chi connectivity index (χ0n) is 10.7. The van der Waals surface area contributed by atoms with Crippen LogP contribution in [0.5, 0.6) is 0 Å². The maximum atomic E-state index is 11.8. The van der Waals surface area contributed by atoms with E-state index in [2.05, 4.69) is 5.32 Å². The first-order valence-corrected chi connectivity index (χ1v) is 5.87. The van der Waals surface area contributed by atoms with E-state index < -0.39 is 11.4 Å². The summed E-state index contributed by atoms with van der Waals surface area (Å²) in [6.45, 7) is 6.36. The minimum absolute atomic E-state index is 0.00121. The Labute approximate surface area is 102 Å². The number of rotatable bonds is 4. The number of carboxylic acids is 1. The third kappa shape index (κ3) is 4.00. The number of aliphatic carboxylic acids is 1. The van der Waals surface area contributed by atoms with Crippen molar-refractivity contribution >= 4 is 11.9 Å². The van der Waals surface area contributed by atoms with E-state index in [4.69, 9.17) is 9.84 Å². The van der Waals surface area contributed by atoms with Crippen molar-refractivity contribution in [3.8, 4) is 0 Å². The number of hydrogen-bond acceptors (Lipinski definition) is 3. The molecule has 0 spiro atoms. The van der Waals surface area contributed by atoms with Gasteiger partial charge in [-0.1, -0.05) is 0 Å². The van der Waals surface area contributed by atoms with Crippen molar-refractivity contribution in [2.45, 2.75) is 45.6 Å². The largest absolute Gasteiger partial charge is 0.481 e. The van der Waals surface area contributed by atoms with E-state index in [1.165, 1.54) is 0 Å². The minimum Gasteiger partial charge on any atom is -0.481 e. The molecule has 1 saturated heterocycles. The number of hydrogen-bond donors (Lipinski definition) is 2. The van der Waals surface area contributed by atoms with Gasteiger partial charge in [0.1, 0.15) is 0 Å². The van der Waals surface area contributed by atoms with Gasteiger partial charge >= 0.3 is 5.97 Å². The zero-order chi connectivity index (χ0) is 13.1. The van der Waals surface area contributed by atoms with E-state index in [1.54, 1.807) is 13.8 Å². The van der Waals surface area contributed by atoms with Gasteiger partial charge in [0.2, 0.25) is 5.91 Å². The molecule has 0 aliphatic carbocycles. The van der Waals surface area contributed by atoms with E-state index in [9.17, 15) is 9.59 Å². The Morgan fingerprint density at radius 3 is 2.35 bits per heavy atom. The molecule has 0 bridgehead atoms. The molecule has 1 aliphatic heterocycles. The van der Waals surface area contributed by atoms with Gasteiger partial charge in [-0.2, -0.15) is 0 Å². The van der Waals surface area contributed by atoms with Crippen LogP contribution in [0.3, 0.4) is 0 Å². The first-order valence-electron chi connectivity index (χ1n) is 5.87. The molecular weight excluding hydrogens is 222 g/mol. The number of nitrogens with one attached hydrogen (secondary N) is 1. The van der Waals surface area contributed by atoms with E-state index in [0.717, 1.165) is 12.8 Å². The van der Waals surface area contributed by atoms with Gasteiger partial charge in [-0.3, -0.25) is 9.59 Å². The van der Waals surface area contributed by atoms with Crippen LogP contribution in [0.25, 0.3) is 0 Å². The molecule has 1 aliphatic rings. The summed E-state index contributed by atoms with van der Waals surface area (Å²) in [5, 5.41) is 11.9. The lowest BCUT2D eigenvalue weighted by Gasteiger charge is -2.35. The Morgan fingerprint density at radius 2 is 1.88 bits per heavy atom. The molecule has 0 radical (unpaired) electrons. The SMILES string of the molecule is CC1(NC(=O)CC(C)(C)C(=O)O)CCOCC1. The normalized spacial score (nSPS) is 19.7. The van der Waals surface area contributed by atoms with Gasteiger partial charge in [-0.25, -0.2) is 0 Å². The van der Waals surface area contributed by atoms with Gasteiger partial charge < -0.3 is 15.2 Å². The Morgan fingerprint density at radius 1 is 1.35 bits per heavy atom. The lowest BCUT2D eigenvalue weighted by atomic mass is 9.87. The highest BCUT2D eigenvalue weighted by Gasteiger charge is 2.34. The quantitative estimate of drug-likeness (QED) is 0.777. The lowest BCUT2D eigenvalue weighted by Crippen LogP contribution is -2.50. The van der Waals surface area contributed by atoms with Crippen molar-refractivity contribution in [3.63, 3.8) is 0 Å². The average molecular weight is 243 g/mol. The van der Waals surface area contributed by atoms with Crippen molar-refractivity contribution in [2.24, 2.45) is 5.41 Å². The fourth-order valence-electron chi connectivity index (χ4n) is 1.80.